The average Bonchev–Trinajstić information content (AvgIpc) is 3.23. The first-order chi connectivity index (χ1) is 12.2. The number of carbonyl (C=O) groups is 2. The van der Waals surface area contributed by atoms with Crippen LogP contribution in [0.3, 0.4) is 0 Å². The lowest BCUT2D eigenvalue weighted by atomic mass is 10.00. The summed E-state index contributed by atoms with van der Waals surface area (Å²) in [6, 6.07) is 6.10. The molecule has 2 aromatic rings. The van der Waals surface area contributed by atoms with E-state index in [-0.39, 0.29) is 11.8 Å². The Kier molecular flexibility index (Phi) is 6.64. The van der Waals surface area contributed by atoms with Crippen LogP contribution in [0.2, 0.25) is 0 Å². The van der Waals surface area contributed by atoms with E-state index in [1.807, 2.05) is 17.5 Å². The molecule has 4 nitrogen and oxygen atoms in total. The molecule has 2 N–H and O–H groups in total. The second-order valence-electron chi connectivity index (χ2n) is 6.41. The molecule has 0 saturated heterocycles. The number of fused-ring (bicyclic) bond motifs is 1. The highest BCUT2D eigenvalue weighted by Crippen LogP contribution is 2.28. The standard InChI is InChI=1S/C19H24N2O2S2/c22-18(11-5-8-15-9-6-12-24-15)20-21-19(23)17-13-14-7-3-1-2-4-10-16(14)25-17/h6,9,12-13H,1-5,7-8,10-11H2,(H,20,22)(H,21,23). The van der Waals surface area contributed by atoms with Crippen LogP contribution in [0.15, 0.2) is 23.6 Å². The maximum atomic E-state index is 12.3. The fraction of sp³-hybridized carbons (Fsp3) is 0.474. The molecular formula is C19H24N2O2S2. The zero-order valence-electron chi connectivity index (χ0n) is 14.3. The summed E-state index contributed by atoms with van der Waals surface area (Å²) >= 11 is 3.28. The van der Waals surface area contributed by atoms with Crippen molar-refractivity contribution < 1.29 is 9.59 Å². The molecular weight excluding hydrogens is 352 g/mol. The molecule has 3 rings (SSSR count). The van der Waals surface area contributed by atoms with E-state index < -0.39 is 0 Å². The predicted octanol–water partition coefficient (Wildman–Crippen LogP) is 4.25. The Balaban J connectivity index is 1.44. The van der Waals surface area contributed by atoms with E-state index in [2.05, 4.69) is 16.9 Å². The summed E-state index contributed by atoms with van der Waals surface area (Å²) in [7, 11) is 0. The van der Waals surface area contributed by atoms with Crippen LogP contribution >= 0.6 is 22.7 Å². The second-order valence-corrected chi connectivity index (χ2v) is 8.58. The molecule has 1 aliphatic carbocycles. The normalized spacial score (nSPS) is 14.2. The Morgan fingerprint density at radius 2 is 1.92 bits per heavy atom. The van der Waals surface area contributed by atoms with E-state index >= 15 is 0 Å². The van der Waals surface area contributed by atoms with Crippen molar-refractivity contribution in [1.29, 1.82) is 0 Å². The third-order valence-corrected chi connectivity index (χ3v) is 6.61. The maximum Gasteiger partial charge on any atom is 0.279 e. The van der Waals surface area contributed by atoms with Gasteiger partial charge in [-0.1, -0.05) is 18.9 Å². The highest BCUT2D eigenvalue weighted by molar-refractivity contribution is 7.14. The number of aryl methyl sites for hydroxylation is 3. The first-order valence-electron chi connectivity index (χ1n) is 8.95. The van der Waals surface area contributed by atoms with E-state index in [0.29, 0.717) is 11.3 Å². The van der Waals surface area contributed by atoms with Crippen LogP contribution in [0.4, 0.5) is 0 Å². The summed E-state index contributed by atoms with van der Waals surface area (Å²) in [6.07, 6.45) is 9.20. The minimum atomic E-state index is -0.205. The highest BCUT2D eigenvalue weighted by Gasteiger charge is 2.16. The second kappa shape index (κ2) is 9.15. The van der Waals surface area contributed by atoms with Crippen molar-refractivity contribution in [2.24, 2.45) is 0 Å². The van der Waals surface area contributed by atoms with Gasteiger partial charge in [-0.15, -0.1) is 22.7 Å². The molecule has 2 heterocycles. The molecule has 2 amide bonds. The molecule has 0 bridgehead atoms. The van der Waals surface area contributed by atoms with E-state index in [1.165, 1.54) is 41.0 Å². The van der Waals surface area contributed by atoms with Gasteiger partial charge >= 0.3 is 0 Å². The van der Waals surface area contributed by atoms with E-state index in [9.17, 15) is 9.59 Å². The molecule has 2 aromatic heterocycles. The van der Waals surface area contributed by atoms with Crippen LogP contribution < -0.4 is 10.9 Å². The molecule has 0 unspecified atom stereocenters. The maximum absolute atomic E-state index is 12.3. The highest BCUT2D eigenvalue weighted by atomic mass is 32.1. The quantitative estimate of drug-likeness (QED) is 0.766. The first kappa shape index (κ1) is 18.1. The van der Waals surface area contributed by atoms with Crippen molar-refractivity contribution in [3.8, 4) is 0 Å². The predicted molar refractivity (Wildman–Crippen MR) is 103 cm³/mol. The average molecular weight is 377 g/mol. The fourth-order valence-corrected chi connectivity index (χ4v) is 4.98. The molecule has 0 fully saturated rings. The van der Waals surface area contributed by atoms with Crippen LogP contribution in [0.1, 0.15) is 63.5 Å². The van der Waals surface area contributed by atoms with Crippen molar-refractivity contribution in [1.82, 2.24) is 10.9 Å². The molecule has 0 atom stereocenters. The number of amides is 2. The minimum Gasteiger partial charge on any atom is -0.273 e. The van der Waals surface area contributed by atoms with Crippen molar-refractivity contribution in [3.05, 3.63) is 43.8 Å². The third kappa shape index (κ3) is 5.41. The zero-order valence-corrected chi connectivity index (χ0v) is 15.9. The lowest BCUT2D eigenvalue weighted by Gasteiger charge is -2.07. The summed E-state index contributed by atoms with van der Waals surface area (Å²) in [5.41, 5.74) is 6.41. The lowest BCUT2D eigenvalue weighted by molar-refractivity contribution is -0.121. The van der Waals surface area contributed by atoms with Gasteiger partial charge < -0.3 is 0 Å². The smallest absolute Gasteiger partial charge is 0.273 e. The molecule has 6 heteroatoms. The van der Waals surface area contributed by atoms with Gasteiger partial charge in [0.05, 0.1) is 4.88 Å². The number of hydrogen-bond donors (Lipinski definition) is 2. The molecule has 0 saturated carbocycles. The molecule has 0 spiro atoms. The Morgan fingerprint density at radius 3 is 2.72 bits per heavy atom. The third-order valence-electron chi connectivity index (χ3n) is 4.44. The van der Waals surface area contributed by atoms with Crippen molar-refractivity contribution in [2.75, 3.05) is 0 Å². The van der Waals surface area contributed by atoms with Crippen molar-refractivity contribution in [3.63, 3.8) is 0 Å². The Morgan fingerprint density at radius 1 is 1.08 bits per heavy atom. The molecule has 1 aliphatic rings. The van der Waals surface area contributed by atoms with Crippen LogP contribution in [-0.2, 0) is 24.1 Å². The SMILES string of the molecule is O=C(CCCc1cccs1)NNC(=O)c1cc2c(s1)CCCCCC2. The number of carbonyl (C=O) groups excluding carboxylic acids is 2. The summed E-state index contributed by atoms with van der Waals surface area (Å²) in [4.78, 5) is 27.5. The Hall–Kier alpha value is -1.66. The number of nitrogens with one attached hydrogen (secondary N) is 2. The summed E-state index contributed by atoms with van der Waals surface area (Å²) < 4.78 is 0. The van der Waals surface area contributed by atoms with Crippen molar-refractivity contribution >= 4 is 34.5 Å². The Labute approximate surface area is 156 Å². The largest absolute Gasteiger partial charge is 0.279 e. The summed E-state index contributed by atoms with van der Waals surface area (Å²) in [5, 5.41) is 2.04. The van der Waals surface area contributed by atoms with Crippen LogP contribution in [0.25, 0.3) is 0 Å². The van der Waals surface area contributed by atoms with E-state index in [4.69, 9.17) is 0 Å². The molecule has 25 heavy (non-hydrogen) atoms. The minimum absolute atomic E-state index is 0.139. The van der Waals surface area contributed by atoms with Crippen molar-refractivity contribution in [2.45, 2.75) is 57.8 Å². The van der Waals surface area contributed by atoms with Gasteiger partial charge in [0, 0.05) is 16.2 Å². The van der Waals surface area contributed by atoms with Gasteiger partial charge in [-0.05, 0) is 61.6 Å². The first-order valence-corrected chi connectivity index (χ1v) is 10.6. The van der Waals surface area contributed by atoms with Crippen LogP contribution in [0.5, 0.6) is 0 Å². The van der Waals surface area contributed by atoms with E-state index in [1.54, 1.807) is 22.7 Å². The fourth-order valence-electron chi connectivity index (χ4n) is 3.08. The van der Waals surface area contributed by atoms with E-state index in [0.717, 1.165) is 25.7 Å². The molecule has 0 aliphatic heterocycles. The zero-order chi connectivity index (χ0) is 17.5. The number of hydrazine groups is 1. The topological polar surface area (TPSA) is 58.2 Å². The Bertz CT molecular complexity index is 682. The number of rotatable bonds is 5. The monoisotopic (exact) mass is 376 g/mol. The van der Waals surface area contributed by atoms with Gasteiger partial charge in [-0.3, -0.25) is 20.4 Å². The van der Waals surface area contributed by atoms with Crippen LogP contribution in [0, 0.1) is 0 Å². The summed E-state index contributed by atoms with van der Waals surface area (Å²) in [6.45, 7) is 0. The summed E-state index contributed by atoms with van der Waals surface area (Å²) in [5.74, 6) is -0.344. The van der Waals surface area contributed by atoms with Gasteiger partial charge in [0.2, 0.25) is 5.91 Å². The van der Waals surface area contributed by atoms with Gasteiger partial charge in [0.25, 0.3) is 5.91 Å². The number of thiophene rings is 2. The molecule has 134 valence electrons. The molecule has 0 radical (unpaired) electrons. The molecule has 0 aromatic carbocycles. The van der Waals surface area contributed by atoms with Gasteiger partial charge in [0.15, 0.2) is 0 Å². The van der Waals surface area contributed by atoms with Gasteiger partial charge in [0.1, 0.15) is 0 Å². The lowest BCUT2D eigenvalue weighted by Crippen LogP contribution is -2.41. The van der Waals surface area contributed by atoms with Crippen LogP contribution in [-0.4, -0.2) is 11.8 Å². The van der Waals surface area contributed by atoms with Gasteiger partial charge in [-0.2, -0.15) is 0 Å². The number of hydrogen-bond acceptors (Lipinski definition) is 4. The van der Waals surface area contributed by atoms with Gasteiger partial charge in [-0.25, -0.2) is 0 Å².